The highest BCUT2D eigenvalue weighted by atomic mass is 16.7. The lowest BCUT2D eigenvalue weighted by molar-refractivity contribution is -0.359. The monoisotopic (exact) mass is 848 g/mol. The summed E-state index contributed by atoms with van der Waals surface area (Å²) in [6.45, 7) is 2.74. The van der Waals surface area contributed by atoms with Gasteiger partial charge in [-0.25, -0.2) is 0 Å². The van der Waals surface area contributed by atoms with Crippen LogP contribution in [0.4, 0.5) is 0 Å². The first-order chi connectivity index (χ1) is 28.6. The van der Waals surface area contributed by atoms with Gasteiger partial charge in [0.05, 0.1) is 32.0 Å². The van der Waals surface area contributed by atoms with Crippen LogP contribution >= 0.6 is 0 Å². The van der Waals surface area contributed by atoms with Gasteiger partial charge >= 0.3 is 0 Å². The lowest BCUT2D eigenvalue weighted by atomic mass is 9.97. The van der Waals surface area contributed by atoms with Crippen molar-refractivity contribution in [2.45, 2.75) is 248 Å². The van der Waals surface area contributed by atoms with Gasteiger partial charge in [-0.15, -0.1) is 0 Å². The number of hydrogen-bond acceptors (Lipinski definition) is 13. The van der Waals surface area contributed by atoms with Crippen molar-refractivity contribution in [3.63, 3.8) is 0 Å². The number of nitrogens with one attached hydrogen (secondary N) is 1. The maximum Gasteiger partial charge on any atom is 0.220 e. The van der Waals surface area contributed by atoms with E-state index in [1.165, 1.54) is 109 Å². The molecule has 1 amide bonds. The molecule has 12 unspecified atom stereocenters. The van der Waals surface area contributed by atoms with E-state index in [-0.39, 0.29) is 18.9 Å². The summed E-state index contributed by atoms with van der Waals surface area (Å²) in [5, 5.41) is 86.4. The molecule has 14 heteroatoms. The van der Waals surface area contributed by atoms with Crippen molar-refractivity contribution in [1.82, 2.24) is 5.32 Å². The molecule has 0 aliphatic carbocycles. The number of aliphatic hydroxyl groups excluding tert-OH is 8. The predicted octanol–water partition coefficient (Wildman–Crippen LogP) is 4.82. The van der Waals surface area contributed by atoms with Crippen LogP contribution in [0.3, 0.4) is 0 Å². The molecular formula is C45H85NO13. The van der Waals surface area contributed by atoms with E-state index in [9.17, 15) is 45.6 Å². The van der Waals surface area contributed by atoms with Crippen molar-refractivity contribution >= 4 is 5.91 Å². The summed E-state index contributed by atoms with van der Waals surface area (Å²) in [7, 11) is 0. The second kappa shape index (κ2) is 33.3. The van der Waals surface area contributed by atoms with Crippen LogP contribution < -0.4 is 5.32 Å². The van der Waals surface area contributed by atoms with Crippen LogP contribution in [0.5, 0.6) is 0 Å². The Labute approximate surface area is 355 Å². The Morgan fingerprint density at radius 2 is 1.05 bits per heavy atom. The molecule has 2 rings (SSSR count). The summed E-state index contributed by atoms with van der Waals surface area (Å²) in [6.07, 6.45) is 15.5. The fraction of sp³-hybridized carbons (Fsp3) is 0.933. The molecule has 9 N–H and O–H groups in total. The van der Waals surface area contributed by atoms with Crippen molar-refractivity contribution in [2.75, 3.05) is 19.8 Å². The lowest BCUT2D eigenvalue weighted by Crippen LogP contribution is -2.65. The fourth-order valence-electron chi connectivity index (χ4n) is 7.82. The zero-order valence-corrected chi connectivity index (χ0v) is 36.5. The predicted molar refractivity (Wildman–Crippen MR) is 226 cm³/mol. The van der Waals surface area contributed by atoms with Crippen molar-refractivity contribution in [3.05, 3.63) is 12.2 Å². The Balaban J connectivity index is 1.88. The third-order valence-electron chi connectivity index (χ3n) is 11.7. The molecule has 59 heavy (non-hydrogen) atoms. The molecule has 2 aliphatic rings. The van der Waals surface area contributed by atoms with Gasteiger partial charge in [0, 0.05) is 6.42 Å². The molecule has 0 aromatic carbocycles. The van der Waals surface area contributed by atoms with Crippen LogP contribution in [-0.2, 0) is 23.7 Å². The summed E-state index contributed by atoms with van der Waals surface area (Å²) in [4.78, 5) is 13.0. The first-order valence-electron chi connectivity index (χ1n) is 23.4. The topological polar surface area (TPSA) is 228 Å². The van der Waals surface area contributed by atoms with E-state index in [0.717, 1.165) is 38.5 Å². The minimum atomic E-state index is -1.78. The Bertz CT molecular complexity index is 1050. The first-order valence-corrected chi connectivity index (χ1v) is 23.4. The summed E-state index contributed by atoms with van der Waals surface area (Å²) in [6, 6.07) is -0.905. The second-order valence-corrected chi connectivity index (χ2v) is 16.9. The molecule has 2 fully saturated rings. The number of carbonyl (C=O) groups is 1. The van der Waals surface area contributed by atoms with Crippen LogP contribution in [0.25, 0.3) is 0 Å². The smallest absolute Gasteiger partial charge is 0.220 e. The largest absolute Gasteiger partial charge is 0.394 e. The van der Waals surface area contributed by atoms with Gasteiger partial charge in [0.1, 0.15) is 48.8 Å². The molecule has 14 nitrogen and oxygen atoms in total. The molecule has 0 radical (unpaired) electrons. The average Bonchev–Trinajstić information content (AvgIpc) is 3.23. The SMILES string of the molecule is CCCCCCCCCCCCCCCC/C=C/C(O)C(COC1OC(CO)C(OC2OC(CO)C(O)C(O)C2O)C(O)C1O)NC(=O)CCCCCCCCCCC. The van der Waals surface area contributed by atoms with E-state index in [2.05, 4.69) is 19.2 Å². The maximum atomic E-state index is 13.0. The number of carbonyl (C=O) groups excluding carboxylic acids is 1. The Hall–Kier alpha value is -1.27. The van der Waals surface area contributed by atoms with Gasteiger partial charge in [0.15, 0.2) is 12.6 Å². The van der Waals surface area contributed by atoms with Crippen LogP contribution in [0.2, 0.25) is 0 Å². The zero-order chi connectivity index (χ0) is 43.3. The zero-order valence-electron chi connectivity index (χ0n) is 36.5. The van der Waals surface area contributed by atoms with Crippen molar-refractivity contribution < 1.29 is 64.6 Å². The maximum absolute atomic E-state index is 13.0. The average molecular weight is 848 g/mol. The summed E-state index contributed by atoms with van der Waals surface area (Å²) in [5.74, 6) is -0.243. The van der Waals surface area contributed by atoms with Crippen LogP contribution in [0.1, 0.15) is 174 Å². The molecule has 2 aliphatic heterocycles. The minimum absolute atomic E-state index is 0.243. The molecule has 0 spiro atoms. The molecule has 2 heterocycles. The normalized spacial score (nSPS) is 28.6. The van der Waals surface area contributed by atoms with Crippen LogP contribution in [-0.4, -0.2) is 140 Å². The van der Waals surface area contributed by atoms with Gasteiger partial charge in [0.2, 0.25) is 5.91 Å². The first kappa shape index (κ1) is 53.9. The van der Waals surface area contributed by atoms with Gasteiger partial charge < -0.3 is 65.1 Å². The fourth-order valence-corrected chi connectivity index (χ4v) is 7.82. The number of amides is 1. The van der Waals surface area contributed by atoms with Crippen molar-refractivity contribution in [3.8, 4) is 0 Å². The number of ether oxygens (including phenoxy) is 4. The minimum Gasteiger partial charge on any atom is -0.394 e. The highest BCUT2D eigenvalue weighted by Gasteiger charge is 2.50. The van der Waals surface area contributed by atoms with Crippen molar-refractivity contribution in [1.29, 1.82) is 0 Å². The van der Waals surface area contributed by atoms with Gasteiger partial charge in [-0.05, 0) is 19.3 Å². The standard InChI is InChI=1S/C45H85NO13/c1-3-5-7-9-11-13-14-15-16-17-18-19-21-22-24-26-28-34(49)33(46-37(50)29-27-25-23-20-12-10-8-6-4-2)32-56-44-42(55)40(53)43(36(31-48)58-44)59-45-41(54)39(52)38(51)35(30-47)57-45/h26,28,33-36,38-45,47-49,51-55H,3-25,27,29-32H2,1-2H3,(H,46,50)/b28-26+. The Morgan fingerprint density at radius 1 is 0.593 bits per heavy atom. The second-order valence-electron chi connectivity index (χ2n) is 16.9. The number of unbranched alkanes of at least 4 members (excludes halogenated alkanes) is 22. The number of aliphatic hydroxyl groups is 8. The van der Waals surface area contributed by atoms with Gasteiger partial charge in [-0.2, -0.15) is 0 Å². The molecule has 0 aromatic heterocycles. The van der Waals surface area contributed by atoms with E-state index in [0.29, 0.717) is 6.42 Å². The molecular weight excluding hydrogens is 762 g/mol. The molecule has 0 aromatic rings. The Morgan fingerprint density at radius 3 is 1.56 bits per heavy atom. The third-order valence-corrected chi connectivity index (χ3v) is 11.7. The van der Waals surface area contributed by atoms with Gasteiger partial charge in [-0.3, -0.25) is 4.79 Å². The third kappa shape index (κ3) is 21.6. The summed E-state index contributed by atoms with van der Waals surface area (Å²) < 4.78 is 22.6. The highest BCUT2D eigenvalue weighted by molar-refractivity contribution is 5.76. The van der Waals surface area contributed by atoms with E-state index in [4.69, 9.17) is 18.9 Å². The van der Waals surface area contributed by atoms with E-state index >= 15 is 0 Å². The number of rotatable bonds is 35. The van der Waals surface area contributed by atoms with Crippen LogP contribution in [0, 0.1) is 0 Å². The quantitative estimate of drug-likeness (QED) is 0.0308. The van der Waals surface area contributed by atoms with Gasteiger partial charge in [-0.1, -0.05) is 161 Å². The van der Waals surface area contributed by atoms with E-state index < -0.39 is 86.8 Å². The van der Waals surface area contributed by atoms with Crippen molar-refractivity contribution in [2.24, 2.45) is 0 Å². The molecule has 0 saturated carbocycles. The summed E-state index contributed by atoms with van der Waals surface area (Å²) in [5.41, 5.74) is 0. The number of hydrogen-bond donors (Lipinski definition) is 9. The Kier molecular flexibility index (Phi) is 30.4. The number of allylic oxidation sites excluding steroid dienone is 1. The summed E-state index contributed by atoms with van der Waals surface area (Å²) >= 11 is 0. The molecule has 0 bridgehead atoms. The van der Waals surface area contributed by atoms with E-state index in [1.807, 2.05) is 6.08 Å². The molecule has 12 atom stereocenters. The highest BCUT2D eigenvalue weighted by Crippen LogP contribution is 2.30. The lowest BCUT2D eigenvalue weighted by Gasteiger charge is -2.46. The molecule has 2 saturated heterocycles. The van der Waals surface area contributed by atoms with Crippen LogP contribution in [0.15, 0.2) is 12.2 Å². The molecule has 348 valence electrons. The van der Waals surface area contributed by atoms with Gasteiger partial charge in [0.25, 0.3) is 0 Å². The van der Waals surface area contributed by atoms with E-state index in [1.54, 1.807) is 6.08 Å².